The molecule has 0 atom stereocenters. The van der Waals surface area contributed by atoms with Crippen LogP contribution in [0.25, 0.3) is 0 Å². The van der Waals surface area contributed by atoms with Gasteiger partial charge in [-0.3, -0.25) is 4.79 Å². The summed E-state index contributed by atoms with van der Waals surface area (Å²) < 4.78 is 37.7. The van der Waals surface area contributed by atoms with Crippen LogP contribution in [0.1, 0.15) is 17.5 Å². The molecule has 25 heavy (non-hydrogen) atoms. The van der Waals surface area contributed by atoms with E-state index in [4.69, 9.17) is 14.6 Å². The van der Waals surface area contributed by atoms with Crippen molar-refractivity contribution in [2.75, 3.05) is 6.79 Å². The molecule has 3 rings (SSSR count). The lowest BCUT2D eigenvalue weighted by Crippen LogP contribution is -2.23. The summed E-state index contributed by atoms with van der Waals surface area (Å²) in [5, 5.41) is 8.67. The van der Waals surface area contributed by atoms with E-state index in [1.165, 1.54) is 12.1 Å². The van der Waals surface area contributed by atoms with E-state index in [9.17, 15) is 13.2 Å². The van der Waals surface area contributed by atoms with Gasteiger partial charge in [-0.15, -0.1) is 0 Å². The van der Waals surface area contributed by atoms with Gasteiger partial charge in [0.25, 0.3) is 0 Å². The summed E-state index contributed by atoms with van der Waals surface area (Å²) in [7, 11) is -3.66. The minimum atomic E-state index is -3.66. The summed E-state index contributed by atoms with van der Waals surface area (Å²) >= 11 is 0. The number of hydrogen-bond acceptors (Lipinski definition) is 5. The fourth-order valence-electron chi connectivity index (χ4n) is 2.40. The van der Waals surface area contributed by atoms with Crippen LogP contribution >= 0.6 is 0 Å². The van der Waals surface area contributed by atoms with Crippen LogP contribution in [0.4, 0.5) is 0 Å². The highest BCUT2D eigenvalue weighted by Gasteiger charge is 2.16. The number of ether oxygens (including phenoxy) is 2. The van der Waals surface area contributed by atoms with E-state index in [0.29, 0.717) is 17.9 Å². The predicted octanol–water partition coefficient (Wildman–Crippen LogP) is 1.91. The lowest BCUT2D eigenvalue weighted by Gasteiger charge is -2.08. The Labute approximate surface area is 145 Å². The van der Waals surface area contributed by atoms with Crippen molar-refractivity contribution >= 4 is 16.0 Å². The van der Waals surface area contributed by atoms with Gasteiger partial charge < -0.3 is 14.6 Å². The monoisotopic (exact) mass is 363 g/mol. The Bertz CT molecular complexity index is 877. The van der Waals surface area contributed by atoms with Crippen molar-refractivity contribution < 1.29 is 27.8 Å². The maximum atomic E-state index is 12.4. The zero-order chi connectivity index (χ0) is 17.9. The standard InChI is InChI=1S/C17H17NO6S/c19-17(20)8-4-12-1-5-14(6-2-12)25(21,22)18-10-13-3-7-15-16(9-13)24-11-23-15/h1-3,5-7,9,18H,4,8,10-11H2,(H,19,20). The van der Waals surface area contributed by atoms with Crippen molar-refractivity contribution in [1.29, 1.82) is 0 Å². The summed E-state index contributed by atoms with van der Waals surface area (Å²) in [4.78, 5) is 10.7. The number of carboxylic acid groups (broad SMARTS) is 1. The van der Waals surface area contributed by atoms with E-state index < -0.39 is 16.0 Å². The first-order valence-corrected chi connectivity index (χ1v) is 9.11. The number of rotatable bonds is 7. The van der Waals surface area contributed by atoms with Gasteiger partial charge in [-0.2, -0.15) is 0 Å². The van der Waals surface area contributed by atoms with E-state index >= 15 is 0 Å². The van der Waals surface area contributed by atoms with E-state index in [1.807, 2.05) is 0 Å². The molecule has 0 bridgehead atoms. The second-order valence-corrected chi connectivity index (χ2v) is 7.32. The van der Waals surface area contributed by atoms with Crippen molar-refractivity contribution in [2.24, 2.45) is 0 Å². The third-order valence-corrected chi connectivity index (χ3v) is 5.18. The number of nitrogens with one attached hydrogen (secondary N) is 1. The Morgan fingerprint density at radius 1 is 1.04 bits per heavy atom. The molecule has 0 saturated heterocycles. The SMILES string of the molecule is O=C(O)CCc1ccc(S(=O)(=O)NCc2ccc3c(c2)OCO3)cc1. The Morgan fingerprint density at radius 3 is 2.44 bits per heavy atom. The highest BCUT2D eigenvalue weighted by Crippen LogP contribution is 2.32. The lowest BCUT2D eigenvalue weighted by molar-refractivity contribution is -0.136. The Morgan fingerprint density at radius 2 is 1.72 bits per heavy atom. The lowest BCUT2D eigenvalue weighted by atomic mass is 10.1. The molecule has 0 saturated carbocycles. The molecule has 132 valence electrons. The first kappa shape index (κ1) is 17.2. The average Bonchev–Trinajstić information content (AvgIpc) is 3.06. The molecule has 2 N–H and O–H groups in total. The second kappa shape index (κ2) is 7.12. The van der Waals surface area contributed by atoms with Crippen molar-refractivity contribution in [3.8, 4) is 11.5 Å². The van der Waals surface area contributed by atoms with Crippen LogP contribution in [-0.2, 0) is 27.8 Å². The third-order valence-electron chi connectivity index (χ3n) is 3.76. The van der Waals surface area contributed by atoms with E-state index in [0.717, 1.165) is 11.1 Å². The number of carbonyl (C=O) groups is 1. The minimum Gasteiger partial charge on any atom is -0.481 e. The Balaban J connectivity index is 1.64. The molecule has 1 aliphatic rings. The molecule has 2 aromatic rings. The molecule has 2 aromatic carbocycles. The van der Waals surface area contributed by atoms with Crippen molar-refractivity contribution in [3.63, 3.8) is 0 Å². The Hall–Kier alpha value is -2.58. The number of carboxylic acids is 1. The van der Waals surface area contributed by atoms with Crippen LogP contribution < -0.4 is 14.2 Å². The molecule has 0 amide bonds. The summed E-state index contributed by atoms with van der Waals surface area (Å²) in [6.45, 7) is 0.290. The molecule has 0 unspecified atom stereocenters. The maximum absolute atomic E-state index is 12.4. The molecule has 7 nitrogen and oxygen atoms in total. The van der Waals surface area contributed by atoms with Crippen LogP contribution in [0.2, 0.25) is 0 Å². The molecule has 0 spiro atoms. The zero-order valence-electron chi connectivity index (χ0n) is 13.3. The second-order valence-electron chi connectivity index (χ2n) is 5.55. The topological polar surface area (TPSA) is 102 Å². The van der Waals surface area contributed by atoms with Crippen LogP contribution in [0.5, 0.6) is 11.5 Å². The summed E-state index contributed by atoms with van der Waals surface area (Å²) in [5.74, 6) is 0.352. The molecule has 0 aromatic heterocycles. The first-order valence-electron chi connectivity index (χ1n) is 7.63. The van der Waals surface area contributed by atoms with Gasteiger partial charge in [-0.1, -0.05) is 18.2 Å². The number of benzene rings is 2. The van der Waals surface area contributed by atoms with Gasteiger partial charge in [0.2, 0.25) is 16.8 Å². The van der Waals surface area contributed by atoms with Crippen molar-refractivity contribution in [2.45, 2.75) is 24.3 Å². The van der Waals surface area contributed by atoms with E-state index in [2.05, 4.69) is 4.72 Å². The summed E-state index contributed by atoms with van der Waals surface area (Å²) in [5.41, 5.74) is 1.53. The third kappa shape index (κ3) is 4.28. The van der Waals surface area contributed by atoms with Crippen molar-refractivity contribution in [1.82, 2.24) is 4.72 Å². The van der Waals surface area contributed by atoms with Gasteiger partial charge in [0, 0.05) is 13.0 Å². The molecular formula is C17H17NO6S. The summed E-state index contributed by atoms with van der Waals surface area (Å²) in [6, 6.07) is 11.4. The number of sulfonamides is 1. The zero-order valence-corrected chi connectivity index (χ0v) is 14.1. The normalized spacial score (nSPS) is 13.0. The van der Waals surface area contributed by atoms with Gasteiger partial charge >= 0.3 is 5.97 Å². The molecule has 1 heterocycles. The highest BCUT2D eigenvalue weighted by molar-refractivity contribution is 7.89. The number of hydrogen-bond donors (Lipinski definition) is 2. The minimum absolute atomic E-state index is 0.00839. The molecule has 0 aliphatic carbocycles. The van der Waals surface area contributed by atoms with Crippen molar-refractivity contribution in [3.05, 3.63) is 53.6 Å². The largest absolute Gasteiger partial charge is 0.481 e. The van der Waals surface area contributed by atoms with Gasteiger partial charge in [0.15, 0.2) is 11.5 Å². The predicted molar refractivity (Wildman–Crippen MR) is 89.0 cm³/mol. The molecule has 0 fully saturated rings. The molecule has 0 radical (unpaired) electrons. The highest BCUT2D eigenvalue weighted by atomic mass is 32.2. The fourth-order valence-corrected chi connectivity index (χ4v) is 3.42. The number of fused-ring (bicyclic) bond motifs is 1. The van der Waals surface area contributed by atoms with Crippen LogP contribution in [0, 0.1) is 0 Å². The van der Waals surface area contributed by atoms with Crippen LogP contribution in [0.3, 0.4) is 0 Å². The van der Waals surface area contributed by atoms with Crippen LogP contribution in [-0.4, -0.2) is 26.3 Å². The van der Waals surface area contributed by atoms with Crippen LogP contribution in [0.15, 0.2) is 47.4 Å². The number of aliphatic carboxylic acids is 1. The first-order chi connectivity index (χ1) is 11.9. The van der Waals surface area contributed by atoms with E-state index in [1.54, 1.807) is 30.3 Å². The average molecular weight is 363 g/mol. The fraction of sp³-hybridized carbons (Fsp3) is 0.235. The van der Waals surface area contributed by atoms with Gasteiger partial charge in [0.05, 0.1) is 4.90 Å². The smallest absolute Gasteiger partial charge is 0.303 e. The number of aryl methyl sites for hydroxylation is 1. The molecule has 8 heteroatoms. The summed E-state index contributed by atoms with van der Waals surface area (Å²) in [6.07, 6.45) is 0.370. The quantitative estimate of drug-likeness (QED) is 0.779. The maximum Gasteiger partial charge on any atom is 0.303 e. The van der Waals surface area contributed by atoms with Gasteiger partial charge in [-0.25, -0.2) is 13.1 Å². The van der Waals surface area contributed by atoms with Gasteiger partial charge in [0.1, 0.15) is 0 Å². The molecule has 1 aliphatic heterocycles. The Kier molecular flexibility index (Phi) is 4.91. The van der Waals surface area contributed by atoms with Gasteiger partial charge in [-0.05, 0) is 41.8 Å². The van der Waals surface area contributed by atoms with E-state index in [-0.39, 0.29) is 24.7 Å². The molecular weight excluding hydrogens is 346 g/mol.